The minimum atomic E-state index is -0.513. The number of rotatable bonds is 7. The highest BCUT2D eigenvalue weighted by Gasteiger charge is 2.41. The van der Waals surface area contributed by atoms with E-state index in [-0.39, 0.29) is 5.91 Å². The molecule has 122 valence electrons. The second-order valence-electron chi connectivity index (χ2n) is 5.39. The predicted molar refractivity (Wildman–Crippen MR) is 84.6 cm³/mol. The van der Waals surface area contributed by atoms with Gasteiger partial charge in [-0.15, -0.1) is 0 Å². The van der Waals surface area contributed by atoms with Crippen LogP contribution in [0.2, 0.25) is 0 Å². The molecule has 1 saturated heterocycles. The Morgan fingerprint density at radius 2 is 2.18 bits per heavy atom. The van der Waals surface area contributed by atoms with Gasteiger partial charge >= 0.3 is 0 Å². The van der Waals surface area contributed by atoms with Crippen molar-refractivity contribution in [2.45, 2.75) is 13.3 Å². The summed E-state index contributed by atoms with van der Waals surface area (Å²) in [7, 11) is 3.21. The summed E-state index contributed by atoms with van der Waals surface area (Å²) in [6.45, 7) is 4.29. The van der Waals surface area contributed by atoms with Crippen molar-refractivity contribution in [3.05, 3.63) is 18.2 Å². The minimum absolute atomic E-state index is 0.0352. The first kappa shape index (κ1) is 16.6. The van der Waals surface area contributed by atoms with Crippen molar-refractivity contribution in [1.82, 2.24) is 5.32 Å². The van der Waals surface area contributed by atoms with Crippen molar-refractivity contribution >= 4 is 11.6 Å². The average molecular weight is 308 g/mol. The summed E-state index contributed by atoms with van der Waals surface area (Å²) in [6.07, 6.45) is 0.765. The largest absolute Gasteiger partial charge is 0.493 e. The maximum Gasteiger partial charge on any atom is 0.234 e. The molecule has 0 bridgehead atoms. The summed E-state index contributed by atoms with van der Waals surface area (Å²) in [6, 6.07) is 5.38. The molecule has 0 radical (unpaired) electrons. The molecule has 0 aromatic heterocycles. The third-order valence-electron chi connectivity index (χ3n) is 3.87. The van der Waals surface area contributed by atoms with E-state index in [0.29, 0.717) is 36.9 Å². The van der Waals surface area contributed by atoms with Crippen LogP contribution in [-0.4, -0.2) is 46.4 Å². The van der Waals surface area contributed by atoms with Crippen molar-refractivity contribution in [2.24, 2.45) is 5.41 Å². The average Bonchev–Trinajstić information content (AvgIpc) is 2.98. The maximum atomic E-state index is 12.6. The van der Waals surface area contributed by atoms with E-state index in [1.54, 1.807) is 26.4 Å². The van der Waals surface area contributed by atoms with Gasteiger partial charge in [0.1, 0.15) is 0 Å². The molecule has 2 N–H and O–H groups in total. The van der Waals surface area contributed by atoms with E-state index in [1.807, 2.05) is 13.0 Å². The second-order valence-corrected chi connectivity index (χ2v) is 5.39. The Labute approximate surface area is 131 Å². The van der Waals surface area contributed by atoms with Crippen LogP contribution >= 0.6 is 0 Å². The number of benzene rings is 1. The Bertz CT molecular complexity index is 513. The zero-order valence-electron chi connectivity index (χ0n) is 13.4. The van der Waals surface area contributed by atoms with Crippen molar-refractivity contribution in [3.8, 4) is 11.5 Å². The molecule has 1 fully saturated rings. The van der Waals surface area contributed by atoms with E-state index in [4.69, 9.17) is 14.2 Å². The lowest BCUT2D eigenvalue weighted by molar-refractivity contribution is -0.127. The molecule has 0 saturated carbocycles. The topological polar surface area (TPSA) is 68.8 Å². The van der Waals surface area contributed by atoms with Crippen LogP contribution in [0, 0.1) is 5.41 Å². The molecule has 1 heterocycles. The van der Waals surface area contributed by atoms with Crippen LogP contribution in [0.25, 0.3) is 0 Å². The van der Waals surface area contributed by atoms with Crippen LogP contribution < -0.4 is 20.1 Å². The van der Waals surface area contributed by atoms with Crippen LogP contribution in [0.5, 0.6) is 11.5 Å². The molecule has 6 nitrogen and oxygen atoms in total. The molecule has 0 aliphatic carbocycles. The van der Waals surface area contributed by atoms with Gasteiger partial charge in [-0.1, -0.05) is 0 Å². The highest BCUT2D eigenvalue weighted by molar-refractivity contribution is 5.96. The number of nitrogens with one attached hydrogen (secondary N) is 2. The maximum absolute atomic E-state index is 12.6. The van der Waals surface area contributed by atoms with Gasteiger partial charge in [0.25, 0.3) is 0 Å². The van der Waals surface area contributed by atoms with E-state index in [0.717, 1.165) is 13.0 Å². The van der Waals surface area contributed by atoms with E-state index in [9.17, 15) is 4.79 Å². The molecule has 1 aliphatic heterocycles. The molecule has 6 heteroatoms. The number of hydrogen-bond acceptors (Lipinski definition) is 5. The summed E-state index contributed by atoms with van der Waals surface area (Å²) in [5.74, 6) is 1.23. The van der Waals surface area contributed by atoms with Crippen LogP contribution in [-0.2, 0) is 9.53 Å². The first-order valence-corrected chi connectivity index (χ1v) is 7.47. The van der Waals surface area contributed by atoms with E-state index in [1.165, 1.54) is 0 Å². The summed E-state index contributed by atoms with van der Waals surface area (Å²) in [5, 5.41) is 6.19. The van der Waals surface area contributed by atoms with Gasteiger partial charge in [0, 0.05) is 25.4 Å². The Morgan fingerprint density at radius 1 is 1.36 bits per heavy atom. The standard InChI is InChI=1S/C16H24N2O4/c1-4-22-14-9-12(5-6-13(14)21-3)18-15(19)16(11-20-2)7-8-17-10-16/h5-6,9,17H,4,7-8,10-11H2,1-3H3,(H,18,19). The van der Waals surface area contributed by atoms with Crippen LogP contribution in [0.3, 0.4) is 0 Å². The van der Waals surface area contributed by atoms with Gasteiger partial charge < -0.3 is 24.8 Å². The number of amides is 1. The number of ether oxygens (including phenoxy) is 3. The van der Waals surface area contributed by atoms with Crippen molar-refractivity contribution in [2.75, 3.05) is 45.8 Å². The molecule has 1 aliphatic rings. The fourth-order valence-electron chi connectivity index (χ4n) is 2.69. The number of hydrogen-bond donors (Lipinski definition) is 2. The first-order valence-electron chi connectivity index (χ1n) is 7.47. The normalized spacial score (nSPS) is 20.7. The SMILES string of the molecule is CCOc1cc(NC(=O)C2(COC)CCNC2)ccc1OC. The van der Waals surface area contributed by atoms with Gasteiger partial charge in [0.05, 0.1) is 25.7 Å². The van der Waals surface area contributed by atoms with Crippen molar-refractivity contribution in [1.29, 1.82) is 0 Å². The van der Waals surface area contributed by atoms with Crippen LogP contribution in [0.15, 0.2) is 18.2 Å². The zero-order valence-corrected chi connectivity index (χ0v) is 13.4. The third-order valence-corrected chi connectivity index (χ3v) is 3.87. The number of anilines is 1. The van der Waals surface area contributed by atoms with Gasteiger partial charge in [0.15, 0.2) is 11.5 Å². The van der Waals surface area contributed by atoms with Gasteiger partial charge in [0.2, 0.25) is 5.91 Å². The molecule has 1 unspecified atom stereocenters. The van der Waals surface area contributed by atoms with Gasteiger partial charge in [-0.25, -0.2) is 0 Å². The first-order chi connectivity index (χ1) is 10.6. The summed E-state index contributed by atoms with van der Waals surface area (Å²) < 4.78 is 16.0. The lowest BCUT2D eigenvalue weighted by atomic mass is 9.87. The second kappa shape index (κ2) is 7.47. The molecule has 0 spiro atoms. The monoisotopic (exact) mass is 308 g/mol. The van der Waals surface area contributed by atoms with E-state index in [2.05, 4.69) is 10.6 Å². The lowest BCUT2D eigenvalue weighted by Crippen LogP contribution is -2.41. The zero-order chi connectivity index (χ0) is 16.0. The highest BCUT2D eigenvalue weighted by atomic mass is 16.5. The number of carbonyl (C=O) groups is 1. The van der Waals surface area contributed by atoms with E-state index < -0.39 is 5.41 Å². The molecule has 1 aromatic rings. The molecule has 1 atom stereocenters. The Balaban J connectivity index is 2.15. The summed E-state index contributed by atoms with van der Waals surface area (Å²) >= 11 is 0. The fourth-order valence-corrected chi connectivity index (χ4v) is 2.69. The Hall–Kier alpha value is -1.79. The molecular weight excluding hydrogens is 284 g/mol. The molecule has 2 rings (SSSR count). The Kier molecular flexibility index (Phi) is 5.63. The van der Waals surface area contributed by atoms with Crippen LogP contribution in [0.1, 0.15) is 13.3 Å². The molecule has 1 amide bonds. The molecular formula is C16H24N2O4. The third kappa shape index (κ3) is 3.51. The summed E-state index contributed by atoms with van der Waals surface area (Å²) in [5.41, 5.74) is 0.178. The van der Waals surface area contributed by atoms with Gasteiger partial charge in [-0.2, -0.15) is 0 Å². The van der Waals surface area contributed by atoms with Gasteiger partial charge in [-0.3, -0.25) is 4.79 Å². The van der Waals surface area contributed by atoms with Crippen LogP contribution in [0.4, 0.5) is 5.69 Å². The van der Waals surface area contributed by atoms with Crippen molar-refractivity contribution in [3.63, 3.8) is 0 Å². The molecule has 22 heavy (non-hydrogen) atoms. The van der Waals surface area contributed by atoms with Crippen molar-refractivity contribution < 1.29 is 19.0 Å². The van der Waals surface area contributed by atoms with E-state index >= 15 is 0 Å². The Morgan fingerprint density at radius 3 is 2.77 bits per heavy atom. The lowest BCUT2D eigenvalue weighted by Gasteiger charge is -2.26. The quantitative estimate of drug-likeness (QED) is 0.802. The summed E-state index contributed by atoms with van der Waals surface area (Å²) in [4.78, 5) is 12.6. The van der Waals surface area contributed by atoms with Gasteiger partial charge in [-0.05, 0) is 32.0 Å². The highest BCUT2D eigenvalue weighted by Crippen LogP contribution is 2.32. The number of methoxy groups -OCH3 is 2. The molecule has 1 aromatic carbocycles. The minimum Gasteiger partial charge on any atom is -0.493 e. The predicted octanol–water partition coefficient (Wildman–Crippen LogP) is 1.66. The fraction of sp³-hybridized carbons (Fsp3) is 0.562. The number of carbonyl (C=O) groups excluding carboxylic acids is 1. The smallest absolute Gasteiger partial charge is 0.234 e.